The zero-order chi connectivity index (χ0) is 21.6. The van der Waals surface area contributed by atoms with Crippen LogP contribution in [-0.4, -0.2) is 31.8 Å². The molecule has 0 unspecified atom stereocenters. The maximum absolute atomic E-state index is 11.8. The molecule has 0 fully saturated rings. The van der Waals surface area contributed by atoms with E-state index in [1.165, 1.54) is 7.11 Å². The first-order chi connectivity index (χ1) is 14.4. The van der Waals surface area contributed by atoms with Gasteiger partial charge in [-0.1, -0.05) is 30.3 Å². The molecule has 0 spiro atoms. The summed E-state index contributed by atoms with van der Waals surface area (Å²) in [7, 11) is 3.10. The topological polar surface area (TPSA) is 57.7 Å². The van der Waals surface area contributed by atoms with Gasteiger partial charge in [0.2, 0.25) is 5.88 Å². The number of hydrogen-bond donors (Lipinski definition) is 0. The predicted octanol–water partition coefficient (Wildman–Crippen LogP) is 5.66. The number of unbranched alkanes of at least 4 members (excludes halogenated alkanes) is 1. The molecule has 0 bridgehead atoms. The number of para-hydroxylation sites is 1. The van der Waals surface area contributed by atoms with Crippen molar-refractivity contribution in [2.45, 2.75) is 33.1 Å². The lowest BCUT2D eigenvalue weighted by Gasteiger charge is -2.21. The standard InChI is InChI=1S/C25H29NO4/c1-25(2,24(27)29-4)14-7-8-15-30-23-17-21(18-10-9-11-19(16-18)28-3)20-12-5-6-13-22(20)26-23/h5-6,9-13,16-17H,7-8,14-15H2,1-4H3. The third kappa shape index (κ3) is 5.09. The Bertz CT molecular complexity index is 1010. The van der Waals surface area contributed by atoms with E-state index in [0.717, 1.165) is 47.0 Å². The monoisotopic (exact) mass is 407 g/mol. The van der Waals surface area contributed by atoms with Gasteiger partial charge in [-0.2, -0.15) is 0 Å². The second-order valence-electron chi connectivity index (χ2n) is 7.94. The Hall–Kier alpha value is -3.08. The number of methoxy groups -OCH3 is 2. The lowest BCUT2D eigenvalue weighted by Crippen LogP contribution is -2.25. The van der Waals surface area contributed by atoms with Gasteiger partial charge in [0, 0.05) is 11.5 Å². The minimum Gasteiger partial charge on any atom is -0.497 e. The molecule has 5 nitrogen and oxygen atoms in total. The molecule has 1 heterocycles. The molecule has 5 heteroatoms. The molecule has 0 aliphatic rings. The number of rotatable bonds is 9. The van der Waals surface area contributed by atoms with Crippen LogP contribution in [0, 0.1) is 5.41 Å². The van der Waals surface area contributed by atoms with Gasteiger partial charge in [0.15, 0.2) is 0 Å². The van der Waals surface area contributed by atoms with Crippen molar-refractivity contribution < 1.29 is 19.0 Å². The smallest absolute Gasteiger partial charge is 0.311 e. The molecule has 3 rings (SSSR count). The normalized spacial score (nSPS) is 11.3. The van der Waals surface area contributed by atoms with E-state index in [1.807, 2.05) is 56.3 Å². The number of esters is 1. The molecular weight excluding hydrogens is 378 g/mol. The van der Waals surface area contributed by atoms with Crippen molar-refractivity contribution in [3.8, 4) is 22.8 Å². The molecule has 1 aromatic heterocycles. The first-order valence-electron chi connectivity index (χ1n) is 10.2. The Balaban J connectivity index is 1.73. The van der Waals surface area contributed by atoms with Crippen LogP contribution < -0.4 is 9.47 Å². The summed E-state index contributed by atoms with van der Waals surface area (Å²) in [6.07, 6.45) is 2.46. The number of aromatic nitrogens is 1. The van der Waals surface area contributed by atoms with Crippen molar-refractivity contribution in [3.05, 3.63) is 54.6 Å². The fourth-order valence-electron chi connectivity index (χ4n) is 3.48. The Morgan fingerprint density at radius 1 is 1.00 bits per heavy atom. The summed E-state index contributed by atoms with van der Waals surface area (Å²) in [6.45, 7) is 4.36. The number of fused-ring (bicyclic) bond motifs is 1. The maximum atomic E-state index is 11.8. The summed E-state index contributed by atoms with van der Waals surface area (Å²) in [5.41, 5.74) is 2.52. The molecule has 0 aliphatic heterocycles. The van der Waals surface area contributed by atoms with E-state index in [1.54, 1.807) is 7.11 Å². The second kappa shape index (κ2) is 9.61. The SMILES string of the molecule is COC(=O)C(C)(C)CCCCOc1cc(-c2cccc(OC)c2)c2ccccc2n1. The van der Waals surface area contributed by atoms with Crippen LogP contribution in [0.4, 0.5) is 0 Å². The van der Waals surface area contributed by atoms with E-state index in [0.29, 0.717) is 12.5 Å². The Labute approximate surface area is 178 Å². The number of nitrogens with zero attached hydrogens (tertiary/aromatic N) is 1. The molecule has 0 radical (unpaired) electrons. The third-order valence-electron chi connectivity index (χ3n) is 5.26. The zero-order valence-electron chi connectivity index (χ0n) is 18.1. The molecule has 30 heavy (non-hydrogen) atoms. The van der Waals surface area contributed by atoms with E-state index in [9.17, 15) is 4.79 Å². The van der Waals surface area contributed by atoms with Crippen LogP contribution in [-0.2, 0) is 9.53 Å². The second-order valence-corrected chi connectivity index (χ2v) is 7.94. The van der Waals surface area contributed by atoms with Crippen LogP contribution in [0.1, 0.15) is 33.1 Å². The van der Waals surface area contributed by atoms with E-state index in [4.69, 9.17) is 14.2 Å². The lowest BCUT2D eigenvalue weighted by atomic mass is 9.87. The minimum absolute atomic E-state index is 0.178. The Morgan fingerprint density at radius 3 is 2.57 bits per heavy atom. The average Bonchev–Trinajstić information content (AvgIpc) is 2.77. The minimum atomic E-state index is -0.477. The molecule has 0 aliphatic carbocycles. The van der Waals surface area contributed by atoms with E-state index in [-0.39, 0.29) is 5.97 Å². The van der Waals surface area contributed by atoms with Gasteiger partial charge in [-0.05, 0) is 62.4 Å². The number of benzene rings is 2. The number of pyridine rings is 1. The highest BCUT2D eigenvalue weighted by atomic mass is 16.5. The number of carbonyl (C=O) groups excluding carboxylic acids is 1. The molecule has 0 saturated carbocycles. The first-order valence-corrected chi connectivity index (χ1v) is 10.2. The molecule has 3 aromatic rings. The lowest BCUT2D eigenvalue weighted by molar-refractivity contribution is -0.151. The van der Waals surface area contributed by atoms with Gasteiger partial charge < -0.3 is 14.2 Å². The van der Waals surface area contributed by atoms with E-state index >= 15 is 0 Å². The van der Waals surface area contributed by atoms with E-state index in [2.05, 4.69) is 17.1 Å². The summed E-state index contributed by atoms with van der Waals surface area (Å²) < 4.78 is 16.2. The van der Waals surface area contributed by atoms with Crippen LogP contribution in [0.25, 0.3) is 22.0 Å². The Morgan fingerprint density at radius 2 is 1.80 bits per heavy atom. The van der Waals surface area contributed by atoms with Crippen molar-refractivity contribution in [2.24, 2.45) is 5.41 Å². The molecular formula is C25H29NO4. The quantitative estimate of drug-likeness (QED) is 0.338. The van der Waals surface area contributed by atoms with Crippen molar-refractivity contribution in [1.29, 1.82) is 0 Å². The summed E-state index contributed by atoms with van der Waals surface area (Å²) in [6, 6.07) is 18.0. The fourth-order valence-corrected chi connectivity index (χ4v) is 3.48. The Kier molecular flexibility index (Phi) is 6.93. The molecule has 0 saturated heterocycles. The molecule has 2 aromatic carbocycles. The van der Waals surface area contributed by atoms with Crippen molar-refractivity contribution in [1.82, 2.24) is 4.98 Å². The van der Waals surface area contributed by atoms with Crippen LogP contribution in [0.15, 0.2) is 54.6 Å². The highest BCUT2D eigenvalue weighted by Crippen LogP contribution is 2.33. The highest BCUT2D eigenvalue weighted by Gasteiger charge is 2.27. The molecule has 0 amide bonds. The van der Waals surface area contributed by atoms with Gasteiger partial charge in [-0.25, -0.2) is 4.98 Å². The van der Waals surface area contributed by atoms with Gasteiger partial charge in [-0.15, -0.1) is 0 Å². The zero-order valence-corrected chi connectivity index (χ0v) is 18.1. The van der Waals surface area contributed by atoms with Crippen LogP contribution >= 0.6 is 0 Å². The molecule has 158 valence electrons. The average molecular weight is 408 g/mol. The fraction of sp³-hybridized carbons (Fsp3) is 0.360. The third-order valence-corrected chi connectivity index (χ3v) is 5.26. The van der Waals surface area contributed by atoms with Crippen LogP contribution in [0.3, 0.4) is 0 Å². The van der Waals surface area contributed by atoms with Crippen molar-refractivity contribution >= 4 is 16.9 Å². The van der Waals surface area contributed by atoms with Gasteiger partial charge >= 0.3 is 5.97 Å². The maximum Gasteiger partial charge on any atom is 0.311 e. The van der Waals surface area contributed by atoms with Gasteiger partial charge in [0.1, 0.15) is 5.75 Å². The van der Waals surface area contributed by atoms with Gasteiger partial charge in [0.25, 0.3) is 0 Å². The van der Waals surface area contributed by atoms with Crippen LogP contribution in [0.2, 0.25) is 0 Å². The van der Waals surface area contributed by atoms with Gasteiger partial charge in [-0.3, -0.25) is 4.79 Å². The summed E-state index contributed by atoms with van der Waals surface area (Å²) in [5.74, 6) is 1.23. The summed E-state index contributed by atoms with van der Waals surface area (Å²) >= 11 is 0. The summed E-state index contributed by atoms with van der Waals surface area (Å²) in [4.78, 5) is 16.5. The van der Waals surface area contributed by atoms with Crippen molar-refractivity contribution in [2.75, 3.05) is 20.8 Å². The van der Waals surface area contributed by atoms with E-state index < -0.39 is 5.41 Å². The number of ether oxygens (including phenoxy) is 3. The summed E-state index contributed by atoms with van der Waals surface area (Å²) in [5, 5.41) is 1.07. The highest BCUT2D eigenvalue weighted by molar-refractivity contribution is 5.95. The van der Waals surface area contributed by atoms with Crippen molar-refractivity contribution in [3.63, 3.8) is 0 Å². The predicted molar refractivity (Wildman–Crippen MR) is 119 cm³/mol. The number of hydrogen-bond acceptors (Lipinski definition) is 5. The van der Waals surface area contributed by atoms with Crippen LogP contribution in [0.5, 0.6) is 11.6 Å². The molecule has 0 N–H and O–H groups in total. The first kappa shape index (κ1) is 21.6. The van der Waals surface area contributed by atoms with Gasteiger partial charge in [0.05, 0.1) is 31.8 Å². The number of carbonyl (C=O) groups is 1. The molecule has 0 atom stereocenters. The largest absolute Gasteiger partial charge is 0.497 e.